The molecule has 0 spiro atoms. The molecule has 0 unspecified atom stereocenters. The Hall–Kier alpha value is -7.39. The Morgan fingerprint density at radius 3 is 1.96 bits per heavy atom. The van der Waals surface area contributed by atoms with Crippen LogP contribution in [0.15, 0.2) is 152 Å². The van der Waals surface area contributed by atoms with Crippen LogP contribution >= 0.6 is 0 Å². The normalized spacial score (nSPS) is 11.1. The summed E-state index contributed by atoms with van der Waals surface area (Å²) in [5, 5.41) is 24.4. The lowest BCUT2D eigenvalue weighted by Gasteiger charge is -2.19. The molecule has 2 heterocycles. The highest BCUT2D eigenvalue weighted by atomic mass is 15.0. The van der Waals surface area contributed by atoms with Crippen molar-refractivity contribution >= 4 is 49.3 Å². The fraction of sp³-hybridized carbons (Fsp3) is 0. The van der Waals surface area contributed by atoms with Crippen molar-refractivity contribution in [3.63, 3.8) is 0 Å². The Morgan fingerprint density at radius 2 is 1.18 bits per heavy atom. The van der Waals surface area contributed by atoms with Gasteiger partial charge in [0.1, 0.15) is 0 Å². The molecule has 0 amide bonds. The molecule has 0 bridgehead atoms. The van der Waals surface area contributed by atoms with Crippen molar-refractivity contribution in [3.05, 3.63) is 174 Å². The maximum absolute atomic E-state index is 10.6. The van der Waals surface area contributed by atoms with Gasteiger partial charge in [-0.3, -0.25) is 0 Å². The van der Waals surface area contributed by atoms with Gasteiger partial charge in [-0.1, -0.05) is 97.1 Å². The SMILES string of the molecule is [C-]#[N+]c1cccc2c3ccccc3n(-c3cccc(-c4ccccc4-c4c(C#N)cccc4-n4c5ccccc5c5cc(C#N)ccc54)c3)c12. The van der Waals surface area contributed by atoms with Gasteiger partial charge >= 0.3 is 0 Å². The fourth-order valence-corrected chi connectivity index (χ4v) is 7.53. The van der Waals surface area contributed by atoms with Crippen molar-refractivity contribution in [2.45, 2.75) is 0 Å². The molecule has 0 N–H and O–H groups in total. The third-order valence-corrected chi connectivity index (χ3v) is 9.61. The molecule has 0 radical (unpaired) electrons. The number of nitrogens with zero attached hydrogens (tertiary/aromatic N) is 5. The highest BCUT2D eigenvalue weighted by molar-refractivity contribution is 6.13. The lowest BCUT2D eigenvalue weighted by Crippen LogP contribution is -2.01. The van der Waals surface area contributed by atoms with Crippen molar-refractivity contribution in [1.82, 2.24) is 9.13 Å². The molecular formula is C45H25N5. The van der Waals surface area contributed by atoms with Crippen molar-refractivity contribution in [2.24, 2.45) is 0 Å². The van der Waals surface area contributed by atoms with Gasteiger partial charge in [-0.25, -0.2) is 4.85 Å². The number of benzene rings is 7. The number of fused-ring (bicyclic) bond motifs is 6. The van der Waals surface area contributed by atoms with E-state index in [1.54, 1.807) is 0 Å². The predicted octanol–water partition coefficient (Wildman–Crippen LogP) is 11.5. The molecule has 0 atom stereocenters. The number of aromatic nitrogens is 2. The van der Waals surface area contributed by atoms with E-state index in [-0.39, 0.29) is 0 Å². The zero-order valence-electron chi connectivity index (χ0n) is 26.7. The van der Waals surface area contributed by atoms with Gasteiger partial charge in [0.15, 0.2) is 0 Å². The minimum absolute atomic E-state index is 0.565. The lowest BCUT2D eigenvalue weighted by atomic mass is 9.90. The van der Waals surface area contributed by atoms with Gasteiger partial charge in [0, 0.05) is 27.4 Å². The molecule has 50 heavy (non-hydrogen) atoms. The zero-order chi connectivity index (χ0) is 33.8. The Bertz CT molecular complexity index is 2970. The van der Waals surface area contributed by atoms with E-state index < -0.39 is 0 Å². The summed E-state index contributed by atoms with van der Waals surface area (Å²) in [5.41, 5.74) is 11.2. The van der Waals surface area contributed by atoms with E-state index in [0.29, 0.717) is 16.8 Å². The van der Waals surface area contributed by atoms with E-state index in [0.717, 1.165) is 77.2 Å². The van der Waals surface area contributed by atoms with E-state index >= 15 is 0 Å². The summed E-state index contributed by atoms with van der Waals surface area (Å²) in [7, 11) is 0. The van der Waals surface area contributed by atoms with E-state index in [4.69, 9.17) is 6.57 Å². The van der Waals surface area contributed by atoms with E-state index in [1.165, 1.54) is 0 Å². The minimum atomic E-state index is 0.565. The van der Waals surface area contributed by atoms with Crippen LogP contribution in [0.1, 0.15) is 11.1 Å². The first-order chi connectivity index (χ1) is 24.7. The summed E-state index contributed by atoms with van der Waals surface area (Å²) in [6, 6.07) is 55.4. The van der Waals surface area contributed by atoms with Gasteiger partial charge in [0.25, 0.3) is 0 Å². The average Bonchev–Trinajstić information content (AvgIpc) is 3.70. The van der Waals surface area contributed by atoms with Crippen molar-refractivity contribution < 1.29 is 0 Å². The largest absolute Gasteiger partial charge is 0.319 e. The Morgan fingerprint density at radius 1 is 0.520 bits per heavy atom. The molecule has 7 aromatic carbocycles. The van der Waals surface area contributed by atoms with Crippen LogP contribution in [-0.4, -0.2) is 9.13 Å². The topological polar surface area (TPSA) is 61.8 Å². The summed E-state index contributed by atoms with van der Waals surface area (Å²) < 4.78 is 4.39. The van der Waals surface area contributed by atoms with Crippen LogP contribution < -0.4 is 0 Å². The van der Waals surface area contributed by atoms with Crippen molar-refractivity contribution in [2.75, 3.05) is 0 Å². The molecule has 0 aliphatic carbocycles. The molecule has 0 saturated carbocycles. The molecular weight excluding hydrogens is 611 g/mol. The van der Waals surface area contributed by atoms with E-state index in [2.05, 4.69) is 98.9 Å². The first-order valence-electron chi connectivity index (χ1n) is 16.3. The summed E-state index contributed by atoms with van der Waals surface area (Å²) in [6.45, 7) is 7.97. The van der Waals surface area contributed by atoms with Crippen LogP contribution in [0.5, 0.6) is 0 Å². The van der Waals surface area contributed by atoms with Gasteiger partial charge in [0.2, 0.25) is 5.69 Å². The molecule has 0 aliphatic rings. The maximum Gasteiger partial charge on any atom is 0.211 e. The van der Waals surface area contributed by atoms with Gasteiger partial charge in [-0.2, -0.15) is 10.5 Å². The summed E-state index contributed by atoms with van der Waals surface area (Å²) in [6.07, 6.45) is 0. The molecule has 2 aromatic heterocycles. The lowest BCUT2D eigenvalue weighted by molar-refractivity contribution is 1.18. The fourth-order valence-electron chi connectivity index (χ4n) is 7.53. The highest BCUT2D eigenvalue weighted by Crippen LogP contribution is 2.43. The standard InChI is InChI=1S/C45H25N5/c1-48-39-19-10-18-37-34-15-4-6-20-40(34)49(45(37)39)32-13-8-11-30(26-32)33-14-2-3-17-36(33)44-31(28-47)12-9-22-43(44)50-41-21-7-5-16-35(41)38-25-29(27-46)23-24-42(38)50/h2-26H. The van der Waals surface area contributed by atoms with Crippen molar-refractivity contribution in [1.29, 1.82) is 10.5 Å². The number of rotatable bonds is 4. The molecule has 0 fully saturated rings. The predicted molar refractivity (Wildman–Crippen MR) is 202 cm³/mol. The second-order valence-electron chi connectivity index (χ2n) is 12.2. The smallest absolute Gasteiger partial charge is 0.211 e. The van der Waals surface area contributed by atoms with Crippen LogP contribution in [0.2, 0.25) is 0 Å². The van der Waals surface area contributed by atoms with E-state index in [9.17, 15) is 10.5 Å². The minimum Gasteiger partial charge on any atom is -0.319 e. The first-order valence-corrected chi connectivity index (χ1v) is 16.3. The molecule has 230 valence electrons. The Labute approximate surface area is 288 Å². The second kappa shape index (κ2) is 11.4. The molecule has 5 heteroatoms. The van der Waals surface area contributed by atoms with Crippen molar-refractivity contribution in [3.8, 4) is 45.8 Å². The van der Waals surface area contributed by atoms with Gasteiger partial charge in [-0.05, 0) is 76.7 Å². The van der Waals surface area contributed by atoms with Gasteiger partial charge < -0.3 is 9.13 Å². The highest BCUT2D eigenvalue weighted by Gasteiger charge is 2.21. The molecule has 0 saturated heterocycles. The zero-order valence-corrected chi connectivity index (χ0v) is 26.7. The summed E-state index contributed by atoms with van der Waals surface area (Å²) >= 11 is 0. The maximum atomic E-state index is 10.6. The third kappa shape index (κ3) is 4.24. The molecule has 5 nitrogen and oxygen atoms in total. The Balaban J connectivity index is 1.31. The van der Waals surface area contributed by atoms with Crippen LogP contribution in [-0.2, 0) is 0 Å². The number of nitriles is 2. The Kier molecular flexibility index (Phi) is 6.56. The van der Waals surface area contributed by atoms with Crippen LogP contribution in [0.4, 0.5) is 5.69 Å². The van der Waals surface area contributed by atoms with Crippen LogP contribution in [0, 0.1) is 29.2 Å². The summed E-state index contributed by atoms with van der Waals surface area (Å²) in [5.74, 6) is 0. The number of hydrogen-bond donors (Lipinski definition) is 0. The van der Waals surface area contributed by atoms with Gasteiger partial charge in [-0.15, -0.1) is 0 Å². The monoisotopic (exact) mass is 635 g/mol. The molecule has 9 aromatic rings. The molecule has 0 aliphatic heterocycles. The molecule has 9 rings (SSSR count). The second-order valence-corrected chi connectivity index (χ2v) is 12.2. The first kappa shape index (κ1) is 28.8. The number of hydrogen-bond acceptors (Lipinski definition) is 2. The van der Waals surface area contributed by atoms with Gasteiger partial charge in [0.05, 0.1) is 57.6 Å². The quantitative estimate of drug-likeness (QED) is 0.181. The van der Waals surface area contributed by atoms with E-state index in [1.807, 2.05) is 78.9 Å². The van der Waals surface area contributed by atoms with Crippen LogP contribution in [0.3, 0.4) is 0 Å². The average molecular weight is 636 g/mol. The van der Waals surface area contributed by atoms with Crippen LogP contribution in [0.25, 0.3) is 82.1 Å². The number of para-hydroxylation sites is 3. The summed E-state index contributed by atoms with van der Waals surface area (Å²) in [4.78, 5) is 3.90. The third-order valence-electron chi connectivity index (χ3n) is 9.61.